The fourth-order valence-corrected chi connectivity index (χ4v) is 2.10. The van der Waals surface area contributed by atoms with Crippen molar-refractivity contribution in [2.75, 3.05) is 0 Å². The first-order valence-electron chi connectivity index (χ1n) is 6.29. The average Bonchev–Trinajstić information content (AvgIpc) is 2.54. The summed E-state index contributed by atoms with van der Waals surface area (Å²) < 4.78 is 13.2. The third-order valence-electron chi connectivity index (χ3n) is 2.56. The second-order valence-corrected chi connectivity index (χ2v) is 5.39. The molecular weight excluding hydrogens is 376 g/mol. The van der Waals surface area contributed by atoms with Crippen molar-refractivity contribution in [3.05, 3.63) is 69.8 Å². The van der Waals surface area contributed by atoms with Crippen molar-refractivity contribution in [3.63, 3.8) is 0 Å². The number of benzene rings is 1. The summed E-state index contributed by atoms with van der Waals surface area (Å²) in [7, 11) is 0. The van der Waals surface area contributed by atoms with Crippen LogP contribution in [0.2, 0.25) is 15.5 Å². The lowest BCUT2D eigenvalue weighted by Gasteiger charge is -2.01. The van der Waals surface area contributed by atoms with Gasteiger partial charge in [0, 0.05) is 17.7 Å². The highest BCUT2D eigenvalue weighted by Gasteiger charge is 2.05. The van der Waals surface area contributed by atoms with E-state index in [0.29, 0.717) is 21.6 Å². The molecule has 0 aliphatic rings. The summed E-state index contributed by atoms with van der Waals surface area (Å²) in [5.41, 5.74) is 1.22. The van der Waals surface area contributed by atoms with Crippen LogP contribution in [-0.2, 0) is 0 Å². The van der Waals surface area contributed by atoms with Gasteiger partial charge in [0.1, 0.15) is 33.9 Å². The third-order valence-corrected chi connectivity index (χ3v) is 3.18. The van der Waals surface area contributed by atoms with Crippen LogP contribution >= 0.6 is 34.8 Å². The predicted molar refractivity (Wildman–Crippen MR) is 89.2 cm³/mol. The molecule has 0 atom stereocenters. The minimum Gasteiger partial charge on any atom is -0.236 e. The van der Waals surface area contributed by atoms with Crippen molar-refractivity contribution in [1.29, 1.82) is 5.26 Å². The zero-order valence-corrected chi connectivity index (χ0v) is 14.1. The Morgan fingerprint density at radius 2 is 1.38 bits per heavy atom. The fourth-order valence-electron chi connectivity index (χ4n) is 1.61. The van der Waals surface area contributed by atoms with Crippen LogP contribution in [-0.4, -0.2) is 19.9 Å². The zero-order chi connectivity index (χ0) is 17.5. The maximum absolute atomic E-state index is 13.2. The molecule has 0 aliphatic heterocycles. The zero-order valence-electron chi connectivity index (χ0n) is 11.8. The highest BCUT2D eigenvalue weighted by atomic mass is 35.5. The van der Waals surface area contributed by atoms with Crippen molar-refractivity contribution in [2.24, 2.45) is 0 Å². The van der Waals surface area contributed by atoms with E-state index < -0.39 is 5.82 Å². The molecule has 9 heteroatoms. The summed E-state index contributed by atoms with van der Waals surface area (Å²) in [6, 6.07) is 8.86. The number of hydrogen-bond donors (Lipinski definition) is 0. The van der Waals surface area contributed by atoms with Crippen molar-refractivity contribution in [2.45, 2.75) is 0 Å². The molecule has 0 amide bonds. The highest BCUT2D eigenvalue weighted by molar-refractivity contribution is 6.33. The molecule has 0 unspecified atom stereocenters. The van der Waals surface area contributed by atoms with Gasteiger partial charge in [0.05, 0.1) is 17.3 Å². The van der Waals surface area contributed by atoms with Crippen LogP contribution in [0.4, 0.5) is 4.39 Å². The van der Waals surface area contributed by atoms with E-state index in [-0.39, 0.29) is 10.7 Å². The van der Waals surface area contributed by atoms with Crippen LogP contribution in [0.15, 0.2) is 43.0 Å². The quantitative estimate of drug-likeness (QED) is 0.575. The molecule has 0 spiro atoms. The molecule has 2 aromatic heterocycles. The molecule has 0 N–H and O–H groups in total. The van der Waals surface area contributed by atoms with Gasteiger partial charge in [-0.1, -0.05) is 34.8 Å². The van der Waals surface area contributed by atoms with E-state index in [1.54, 1.807) is 6.07 Å². The molecule has 5 nitrogen and oxygen atoms in total. The van der Waals surface area contributed by atoms with Gasteiger partial charge in [0.25, 0.3) is 0 Å². The summed E-state index contributed by atoms with van der Waals surface area (Å²) in [4.78, 5) is 14.9. The SMILES string of the molecule is Clc1cc(Cl)ncn1.N#Cc1cc(F)cc(-c2cc(Cl)ncn2)c1. The number of nitriles is 1. The van der Waals surface area contributed by atoms with E-state index >= 15 is 0 Å². The molecule has 2 heterocycles. The second kappa shape index (κ2) is 8.50. The van der Waals surface area contributed by atoms with Gasteiger partial charge in [0.2, 0.25) is 0 Å². The fraction of sp³-hybridized carbons (Fsp3) is 0. The molecule has 0 fully saturated rings. The Morgan fingerprint density at radius 3 is 1.88 bits per heavy atom. The van der Waals surface area contributed by atoms with E-state index in [0.717, 1.165) is 6.07 Å². The predicted octanol–water partition coefficient (Wildman–Crippen LogP) is 4.59. The van der Waals surface area contributed by atoms with Crippen molar-refractivity contribution in [1.82, 2.24) is 19.9 Å². The minimum absolute atomic E-state index is 0.240. The number of halogens is 4. The van der Waals surface area contributed by atoms with Crippen molar-refractivity contribution in [3.8, 4) is 17.3 Å². The Morgan fingerprint density at radius 1 is 0.792 bits per heavy atom. The topological polar surface area (TPSA) is 75.3 Å². The highest BCUT2D eigenvalue weighted by Crippen LogP contribution is 2.21. The molecule has 3 aromatic rings. The average molecular weight is 383 g/mol. The lowest BCUT2D eigenvalue weighted by atomic mass is 10.1. The first-order chi connectivity index (χ1) is 11.5. The maximum Gasteiger partial charge on any atom is 0.133 e. The molecule has 0 aliphatic carbocycles. The Kier molecular flexibility index (Phi) is 6.38. The van der Waals surface area contributed by atoms with Gasteiger partial charge in [-0.05, 0) is 18.2 Å². The second-order valence-electron chi connectivity index (χ2n) is 4.23. The Balaban J connectivity index is 0.000000219. The van der Waals surface area contributed by atoms with E-state index in [1.807, 2.05) is 6.07 Å². The van der Waals surface area contributed by atoms with Crippen molar-refractivity contribution < 1.29 is 4.39 Å². The summed E-state index contributed by atoms with van der Waals surface area (Å²) in [5, 5.41) is 9.72. The van der Waals surface area contributed by atoms with Gasteiger partial charge in [-0.25, -0.2) is 24.3 Å². The van der Waals surface area contributed by atoms with Crippen molar-refractivity contribution >= 4 is 34.8 Å². The molecule has 3 rings (SSSR count). The lowest BCUT2D eigenvalue weighted by molar-refractivity contribution is 0.628. The first kappa shape index (κ1) is 18.0. The van der Waals surface area contributed by atoms with E-state index in [1.165, 1.54) is 30.9 Å². The Labute approximate surface area is 151 Å². The van der Waals surface area contributed by atoms with E-state index in [2.05, 4.69) is 19.9 Å². The molecular formula is C15H7Cl3FN5. The van der Waals surface area contributed by atoms with Crippen LogP contribution in [0.5, 0.6) is 0 Å². The van der Waals surface area contributed by atoms with Crippen LogP contribution < -0.4 is 0 Å². The standard InChI is InChI=1S/C11H5ClFN3.C4H2Cl2N2/c12-11-4-10(15-6-16-11)8-1-7(5-14)2-9(13)3-8;5-3-1-4(6)8-2-7-3/h1-4,6H;1-2H. The van der Waals surface area contributed by atoms with Gasteiger partial charge in [-0.3, -0.25) is 0 Å². The summed E-state index contributed by atoms with van der Waals surface area (Å²) in [5.74, 6) is -0.483. The lowest BCUT2D eigenvalue weighted by Crippen LogP contribution is -1.88. The molecule has 0 bridgehead atoms. The summed E-state index contributed by atoms with van der Waals surface area (Å²) in [6.07, 6.45) is 2.60. The number of rotatable bonds is 1. The maximum atomic E-state index is 13.2. The largest absolute Gasteiger partial charge is 0.236 e. The summed E-state index contributed by atoms with van der Waals surface area (Å²) in [6.45, 7) is 0. The molecule has 24 heavy (non-hydrogen) atoms. The van der Waals surface area contributed by atoms with E-state index in [9.17, 15) is 4.39 Å². The monoisotopic (exact) mass is 381 g/mol. The Bertz CT molecular complexity index is 881. The molecule has 0 saturated carbocycles. The normalized spacial score (nSPS) is 9.62. The number of nitrogens with zero attached hydrogens (tertiary/aromatic N) is 5. The van der Waals surface area contributed by atoms with Crippen LogP contribution in [0, 0.1) is 17.1 Å². The first-order valence-corrected chi connectivity index (χ1v) is 7.43. The van der Waals surface area contributed by atoms with Gasteiger partial charge >= 0.3 is 0 Å². The molecule has 1 aromatic carbocycles. The van der Waals surface area contributed by atoms with Crippen LogP contribution in [0.1, 0.15) is 5.56 Å². The van der Waals surface area contributed by atoms with Crippen LogP contribution in [0.3, 0.4) is 0 Å². The minimum atomic E-state index is -0.483. The molecule has 120 valence electrons. The molecule has 0 saturated heterocycles. The van der Waals surface area contributed by atoms with Gasteiger partial charge < -0.3 is 0 Å². The summed E-state index contributed by atoms with van der Waals surface area (Å²) >= 11 is 16.5. The molecule has 0 radical (unpaired) electrons. The number of hydrogen-bond acceptors (Lipinski definition) is 5. The van der Waals surface area contributed by atoms with E-state index in [4.69, 9.17) is 40.1 Å². The van der Waals surface area contributed by atoms with Gasteiger partial charge in [0.15, 0.2) is 0 Å². The Hall–Kier alpha value is -2.33. The number of aromatic nitrogens is 4. The van der Waals surface area contributed by atoms with Gasteiger partial charge in [-0.2, -0.15) is 5.26 Å². The van der Waals surface area contributed by atoms with Crippen LogP contribution in [0.25, 0.3) is 11.3 Å². The third kappa shape index (κ3) is 5.39. The smallest absolute Gasteiger partial charge is 0.133 e. The van der Waals surface area contributed by atoms with Gasteiger partial charge in [-0.15, -0.1) is 0 Å².